The van der Waals surface area contributed by atoms with Crippen molar-refractivity contribution in [3.8, 4) is 0 Å². The van der Waals surface area contributed by atoms with E-state index in [4.69, 9.17) is 11.6 Å². The Morgan fingerprint density at radius 3 is 2.15 bits per heavy atom. The molecule has 0 spiro atoms. The summed E-state index contributed by atoms with van der Waals surface area (Å²) in [5.41, 5.74) is 3.03. The number of nitrogens with zero attached hydrogens (tertiary/aromatic N) is 4. The first-order valence-electron chi connectivity index (χ1n) is 12.0. The van der Waals surface area contributed by atoms with E-state index in [9.17, 15) is 9.59 Å². The van der Waals surface area contributed by atoms with Gasteiger partial charge in [-0.2, -0.15) is 0 Å². The number of likely N-dealkylation sites (N-methyl/N-ethyl adjacent to an activating group) is 1. The predicted octanol–water partition coefficient (Wildman–Crippen LogP) is 3.87. The first-order valence-corrected chi connectivity index (χ1v) is 12.4. The number of hydrogen-bond donors (Lipinski definition) is 0. The number of carbonyl (C=O) groups is 2. The number of carbonyl (C=O) groups excluding carboxylic acids is 2. The fraction of sp³-hybridized carbons (Fsp3) is 0.481. The smallest absolute Gasteiger partial charge is 0.237 e. The van der Waals surface area contributed by atoms with E-state index in [0.717, 1.165) is 43.0 Å². The zero-order valence-corrected chi connectivity index (χ0v) is 21.3. The fourth-order valence-electron chi connectivity index (χ4n) is 5.08. The van der Waals surface area contributed by atoms with Crippen LogP contribution in [0, 0.1) is 5.92 Å². The van der Waals surface area contributed by atoms with E-state index in [2.05, 4.69) is 41.1 Å². The Kier molecular flexibility index (Phi) is 7.60. The molecule has 0 aliphatic carbocycles. The molecule has 3 unspecified atom stereocenters. The maximum absolute atomic E-state index is 13.9. The van der Waals surface area contributed by atoms with Crippen molar-refractivity contribution in [2.75, 3.05) is 58.8 Å². The molecule has 2 heterocycles. The third-order valence-corrected chi connectivity index (χ3v) is 7.51. The van der Waals surface area contributed by atoms with Crippen molar-refractivity contribution >= 4 is 29.0 Å². The van der Waals surface area contributed by atoms with Crippen molar-refractivity contribution < 1.29 is 9.59 Å². The van der Waals surface area contributed by atoms with Gasteiger partial charge in [-0.1, -0.05) is 42.8 Å². The highest BCUT2D eigenvalue weighted by Crippen LogP contribution is 2.44. The van der Waals surface area contributed by atoms with Crippen LogP contribution < -0.4 is 4.90 Å². The van der Waals surface area contributed by atoms with Crippen molar-refractivity contribution in [2.24, 2.45) is 5.92 Å². The van der Waals surface area contributed by atoms with E-state index >= 15 is 0 Å². The first-order chi connectivity index (χ1) is 16.2. The number of piperazine rings is 1. The molecule has 2 saturated heterocycles. The van der Waals surface area contributed by atoms with Gasteiger partial charge in [0, 0.05) is 63.3 Å². The highest BCUT2D eigenvalue weighted by atomic mass is 35.5. The third kappa shape index (κ3) is 5.29. The third-order valence-electron chi connectivity index (χ3n) is 7.26. The molecular weight excluding hydrogens is 448 g/mol. The lowest BCUT2D eigenvalue weighted by Gasteiger charge is -2.46. The molecule has 6 nitrogen and oxygen atoms in total. The Morgan fingerprint density at radius 2 is 1.56 bits per heavy atom. The van der Waals surface area contributed by atoms with E-state index in [1.165, 1.54) is 0 Å². The van der Waals surface area contributed by atoms with Gasteiger partial charge in [0.15, 0.2) is 0 Å². The van der Waals surface area contributed by atoms with Crippen molar-refractivity contribution in [1.82, 2.24) is 14.7 Å². The minimum Gasteiger partial charge on any atom is -0.378 e. The van der Waals surface area contributed by atoms with Crippen LogP contribution in [0.5, 0.6) is 0 Å². The lowest BCUT2D eigenvalue weighted by molar-refractivity contribution is -0.147. The molecule has 7 heteroatoms. The summed E-state index contributed by atoms with van der Waals surface area (Å²) in [7, 11) is 6.12. The second-order valence-electron chi connectivity index (χ2n) is 9.84. The number of halogens is 1. The van der Waals surface area contributed by atoms with Gasteiger partial charge >= 0.3 is 0 Å². The van der Waals surface area contributed by atoms with Crippen LogP contribution >= 0.6 is 11.6 Å². The molecule has 0 N–H and O–H groups in total. The number of piperidine rings is 1. The summed E-state index contributed by atoms with van der Waals surface area (Å²) in [6.45, 7) is 5.99. The van der Waals surface area contributed by atoms with E-state index in [-0.39, 0.29) is 29.7 Å². The van der Waals surface area contributed by atoms with Crippen LogP contribution in [-0.2, 0) is 9.59 Å². The maximum atomic E-state index is 13.9. The number of hydrogen-bond acceptors (Lipinski definition) is 5. The first kappa shape index (κ1) is 24.7. The summed E-state index contributed by atoms with van der Waals surface area (Å²) in [5.74, 6) is -0.0129. The summed E-state index contributed by atoms with van der Waals surface area (Å²) >= 11 is 6.14. The molecule has 1 amide bonds. The molecule has 4 rings (SSSR count). The van der Waals surface area contributed by atoms with Gasteiger partial charge < -0.3 is 14.7 Å². The molecule has 0 saturated carbocycles. The minimum absolute atomic E-state index is 0.0746. The van der Waals surface area contributed by atoms with Crippen molar-refractivity contribution in [2.45, 2.75) is 25.4 Å². The average molecular weight is 483 g/mol. The summed E-state index contributed by atoms with van der Waals surface area (Å²) in [6.07, 6.45) is 0.323. The number of anilines is 1. The predicted molar refractivity (Wildman–Crippen MR) is 137 cm³/mol. The Balaban J connectivity index is 1.71. The molecule has 2 aliphatic heterocycles. The van der Waals surface area contributed by atoms with E-state index in [0.29, 0.717) is 18.0 Å². The van der Waals surface area contributed by atoms with Crippen LogP contribution in [0.2, 0.25) is 5.02 Å². The summed E-state index contributed by atoms with van der Waals surface area (Å²) < 4.78 is 0. The molecule has 0 aromatic heterocycles. The maximum Gasteiger partial charge on any atom is 0.237 e. The quantitative estimate of drug-likeness (QED) is 0.647. The minimum atomic E-state index is -0.307. The molecule has 34 heavy (non-hydrogen) atoms. The van der Waals surface area contributed by atoms with Gasteiger partial charge in [-0.05, 0) is 42.4 Å². The van der Waals surface area contributed by atoms with Crippen LogP contribution in [0.3, 0.4) is 0 Å². The molecule has 2 aliphatic rings. The van der Waals surface area contributed by atoms with Gasteiger partial charge in [0.25, 0.3) is 0 Å². The van der Waals surface area contributed by atoms with Gasteiger partial charge in [0.05, 0.1) is 18.6 Å². The van der Waals surface area contributed by atoms with Crippen molar-refractivity contribution in [3.63, 3.8) is 0 Å². The van der Waals surface area contributed by atoms with E-state index < -0.39 is 0 Å². The topological polar surface area (TPSA) is 47.1 Å². The molecule has 0 bridgehead atoms. The monoisotopic (exact) mass is 482 g/mol. The van der Waals surface area contributed by atoms with E-state index in [1.54, 1.807) is 0 Å². The van der Waals surface area contributed by atoms with Gasteiger partial charge in [-0.15, -0.1) is 0 Å². The van der Waals surface area contributed by atoms with Crippen LogP contribution in [0.4, 0.5) is 5.69 Å². The molecular formula is C27H35ClN4O2. The molecule has 3 atom stereocenters. The number of ketones is 1. The summed E-state index contributed by atoms with van der Waals surface area (Å²) in [4.78, 5) is 35.7. The second-order valence-corrected chi connectivity index (χ2v) is 10.3. The Morgan fingerprint density at radius 1 is 0.971 bits per heavy atom. The molecule has 182 valence electrons. The normalized spacial score (nSPS) is 24.3. The largest absolute Gasteiger partial charge is 0.378 e. The molecule has 2 aromatic rings. The Bertz CT molecular complexity index is 1000. The molecule has 2 aromatic carbocycles. The summed E-state index contributed by atoms with van der Waals surface area (Å²) in [6, 6.07) is 15.2. The Labute approximate surface area is 208 Å². The van der Waals surface area contributed by atoms with Gasteiger partial charge in [-0.3, -0.25) is 14.5 Å². The number of benzene rings is 2. The highest BCUT2D eigenvalue weighted by Gasteiger charge is 2.44. The lowest BCUT2D eigenvalue weighted by atomic mass is 9.79. The van der Waals surface area contributed by atoms with Crippen molar-refractivity contribution in [1.29, 1.82) is 0 Å². The standard InChI is InChI=1S/C27H35ClN4O2/c1-19-25(33)17-24(20-5-9-22(28)10-6-20)32(26(34)18-31-15-13-30(4)14-16-31)27(19)21-7-11-23(12-8-21)29(2)3/h5-12,19,24,27H,13-18H2,1-4H3. The number of likely N-dealkylation sites (tertiary alicyclic amines) is 1. The van der Waals surface area contributed by atoms with Gasteiger partial charge in [-0.25, -0.2) is 0 Å². The molecule has 2 fully saturated rings. The van der Waals surface area contributed by atoms with Crippen LogP contribution in [0.25, 0.3) is 0 Å². The summed E-state index contributed by atoms with van der Waals surface area (Å²) in [5, 5.41) is 0.644. The van der Waals surface area contributed by atoms with Crippen LogP contribution in [-0.4, -0.2) is 80.3 Å². The van der Waals surface area contributed by atoms with Crippen molar-refractivity contribution in [3.05, 3.63) is 64.7 Å². The van der Waals surface area contributed by atoms with Gasteiger partial charge in [0.2, 0.25) is 5.91 Å². The average Bonchev–Trinajstić information content (AvgIpc) is 2.82. The molecule has 0 radical (unpaired) electrons. The number of amides is 1. The van der Waals surface area contributed by atoms with E-state index in [1.807, 2.05) is 55.1 Å². The lowest BCUT2D eigenvalue weighted by Crippen LogP contribution is -2.53. The highest BCUT2D eigenvalue weighted by molar-refractivity contribution is 6.30. The number of Topliss-reactive ketones (excluding diaryl/α,β-unsaturated/α-hetero) is 1. The SMILES string of the molecule is CC1C(=O)CC(c2ccc(Cl)cc2)N(C(=O)CN2CCN(C)CC2)C1c1ccc(N(C)C)cc1. The zero-order chi connectivity index (χ0) is 24.4. The second kappa shape index (κ2) is 10.5. The van der Waals surface area contributed by atoms with Crippen LogP contribution in [0.15, 0.2) is 48.5 Å². The fourth-order valence-corrected chi connectivity index (χ4v) is 5.20. The van der Waals surface area contributed by atoms with Crippen LogP contribution in [0.1, 0.15) is 36.6 Å². The Hall–Kier alpha value is -2.41. The zero-order valence-electron chi connectivity index (χ0n) is 20.6. The van der Waals surface area contributed by atoms with Gasteiger partial charge in [0.1, 0.15) is 5.78 Å². The number of rotatable bonds is 5.